The number of hydrogen-bond acceptors (Lipinski definition) is 2. The Morgan fingerprint density at radius 1 is 1.44 bits per heavy atom. The molecular weight excluding hydrogens is 133 g/mol. The van der Waals surface area contributed by atoms with E-state index in [0.29, 0.717) is 12.5 Å². The zero-order valence-electron chi connectivity index (χ0n) is 5.33. The van der Waals surface area contributed by atoms with Gasteiger partial charge in [0.05, 0.1) is 0 Å². The molecule has 1 aliphatic carbocycles. The number of fused-ring (bicyclic) bond motifs is 1. The molecule has 2 nitrogen and oxygen atoms in total. The van der Waals surface area contributed by atoms with E-state index >= 15 is 0 Å². The molecule has 2 rings (SSSR count). The SMILES string of the molecule is OCC1C2CN(P)CC12. The Balaban J connectivity index is 1.91. The molecule has 0 aromatic rings. The molecule has 3 heteroatoms. The molecule has 3 unspecified atom stereocenters. The first kappa shape index (κ1) is 6.09. The highest BCUT2D eigenvalue weighted by atomic mass is 31.0. The van der Waals surface area contributed by atoms with Gasteiger partial charge in [0.15, 0.2) is 0 Å². The molecule has 0 aromatic carbocycles. The predicted octanol–water partition coefficient (Wildman–Crippen LogP) is -0.0534. The second-order valence-electron chi connectivity index (χ2n) is 3.13. The molecule has 52 valence electrons. The van der Waals surface area contributed by atoms with Crippen molar-refractivity contribution in [3.05, 3.63) is 0 Å². The van der Waals surface area contributed by atoms with E-state index in [1.807, 2.05) is 0 Å². The lowest BCUT2D eigenvalue weighted by molar-refractivity contribution is 0.250. The van der Waals surface area contributed by atoms with Gasteiger partial charge in [-0.15, -0.1) is 0 Å². The van der Waals surface area contributed by atoms with Crippen LogP contribution in [-0.2, 0) is 0 Å². The van der Waals surface area contributed by atoms with Crippen LogP contribution in [0.4, 0.5) is 0 Å². The summed E-state index contributed by atoms with van der Waals surface area (Å²) >= 11 is 0. The van der Waals surface area contributed by atoms with Crippen LogP contribution in [-0.4, -0.2) is 29.5 Å². The topological polar surface area (TPSA) is 23.5 Å². The average molecular weight is 145 g/mol. The molecule has 0 bridgehead atoms. The molecule has 1 N–H and O–H groups in total. The number of aliphatic hydroxyl groups excluding tert-OH is 1. The van der Waals surface area contributed by atoms with Crippen LogP contribution in [0.3, 0.4) is 0 Å². The molecule has 2 fully saturated rings. The number of rotatable bonds is 1. The Morgan fingerprint density at radius 3 is 2.44 bits per heavy atom. The monoisotopic (exact) mass is 145 g/mol. The Bertz CT molecular complexity index is 118. The van der Waals surface area contributed by atoms with Crippen molar-refractivity contribution in [2.45, 2.75) is 0 Å². The molecular formula is C6H12NOP. The molecule has 2 aliphatic rings. The Hall–Kier alpha value is 0.350. The summed E-state index contributed by atoms with van der Waals surface area (Å²) in [7, 11) is 2.72. The number of nitrogens with zero attached hydrogens (tertiary/aromatic N) is 1. The maximum absolute atomic E-state index is 8.77. The predicted molar refractivity (Wildman–Crippen MR) is 38.8 cm³/mol. The van der Waals surface area contributed by atoms with E-state index in [-0.39, 0.29) is 0 Å². The standard InChI is InChI=1S/C6H12NOP/c8-3-6-4-1-7(9)2-5(4)6/h4-6,8H,1-3,9H2. The van der Waals surface area contributed by atoms with Crippen LogP contribution in [0, 0.1) is 17.8 Å². The fourth-order valence-corrected chi connectivity index (χ4v) is 2.44. The van der Waals surface area contributed by atoms with Crippen LogP contribution < -0.4 is 0 Å². The van der Waals surface area contributed by atoms with Crippen molar-refractivity contribution in [3.8, 4) is 0 Å². The lowest BCUT2D eigenvalue weighted by atomic mass is 10.3. The minimum atomic E-state index is 0.411. The van der Waals surface area contributed by atoms with Crippen LogP contribution >= 0.6 is 9.39 Å². The lowest BCUT2D eigenvalue weighted by Crippen LogP contribution is -2.13. The quantitative estimate of drug-likeness (QED) is 0.523. The maximum atomic E-state index is 8.77. The Labute approximate surface area is 57.5 Å². The highest BCUT2D eigenvalue weighted by Crippen LogP contribution is 2.51. The molecule has 0 aromatic heterocycles. The summed E-state index contributed by atoms with van der Waals surface area (Å²) < 4.78 is 2.27. The van der Waals surface area contributed by atoms with Gasteiger partial charge >= 0.3 is 0 Å². The molecule has 3 atom stereocenters. The molecule has 0 spiro atoms. The van der Waals surface area contributed by atoms with Gasteiger partial charge in [0, 0.05) is 19.7 Å². The van der Waals surface area contributed by atoms with Crippen molar-refractivity contribution >= 4 is 9.39 Å². The van der Waals surface area contributed by atoms with Gasteiger partial charge < -0.3 is 5.11 Å². The third-order valence-corrected chi connectivity index (χ3v) is 3.03. The fourth-order valence-electron chi connectivity index (χ4n) is 1.95. The van der Waals surface area contributed by atoms with E-state index < -0.39 is 0 Å². The van der Waals surface area contributed by atoms with E-state index in [0.717, 1.165) is 11.8 Å². The lowest BCUT2D eigenvalue weighted by Gasteiger charge is -2.10. The first-order valence-corrected chi connectivity index (χ1v) is 3.95. The third-order valence-electron chi connectivity index (χ3n) is 2.61. The van der Waals surface area contributed by atoms with E-state index in [2.05, 4.69) is 14.1 Å². The van der Waals surface area contributed by atoms with Crippen molar-refractivity contribution in [1.29, 1.82) is 0 Å². The Kier molecular flexibility index (Phi) is 1.29. The second kappa shape index (κ2) is 1.91. The van der Waals surface area contributed by atoms with Gasteiger partial charge in [0.25, 0.3) is 0 Å². The van der Waals surface area contributed by atoms with E-state index in [1.165, 1.54) is 13.1 Å². The maximum Gasteiger partial charge on any atom is 0.0465 e. The van der Waals surface area contributed by atoms with Crippen LogP contribution in [0.15, 0.2) is 0 Å². The molecule has 9 heavy (non-hydrogen) atoms. The van der Waals surface area contributed by atoms with Crippen molar-refractivity contribution < 1.29 is 5.11 Å². The van der Waals surface area contributed by atoms with Crippen LogP contribution in [0.5, 0.6) is 0 Å². The number of hydrogen-bond donors (Lipinski definition) is 1. The summed E-state index contributed by atoms with van der Waals surface area (Å²) in [6.07, 6.45) is 0. The molecule has 1 saturated heterocycles. The zero-order valence-corrected chi connectivity index (χ0v) is 6.48. The molecule has 0 amide bonds. The zero-order chi connectivity index (χ0) is 6.43. The summed E-state index contributed by atoms with van der Waals surface area (Å²) in [5.41, 5.74) is 0. The van der Waals surface area contributed by atoms with Crippen LogP contribution in [0.2, 0.25) is 0 Å². The summed E-state index contributed by atoms with van der Waals surface area (Å²) in [6.45, 7) is 2.77. The number of aliphatic hydroxyl groups is 1. The summed E-state index contributed by atoms with van der Waals surface area (Å²) in [6, 6.07) is 0. The van der Waals surface area contributed by atoms with Crippen molar-refractivity contribution in [1.82, 2.24) is 4.67 Å². The first-order valence-electron chi connectivity index (χ1n) is 3.43. The second-order valence-corrected chi connectivity index (χ2v) is 3.86. The van der Waals surface area contributed by atoms with Crippen LogP contribution in [0.25, 0.3) is 0 Å². The normalized spacial score (nSPS) is 49.3. The average Bonchev–Trinajstić information content (AvgIpc) is 2.30. The highest BCUT2D eigenvalue weighted by molar-refractivity contribution is 7.13. The largest absolute Gasteiger partial charge is 0.396 e. The molecule has 1 aliphatic heterocycles. The molecule has 1 saturated carbocycles. The van der Waals surface area contributed by atoms with Gasteiger partial charge in [0.2, 0.25) is 0 Å². The minimum absolute atomic E-state index is 0.411. The van der Waals surface area contributed by atoms with Crippen LogP contribution in [0.1, 0.15) is 0 Å². The van der Waals surface area contributed by atoms with Crippen molar-refractivity contribution in [3.63, 3.8) is 0 Å². The first-order chi connectivity index (χ1) is 4.33. The van der Waals surface area contributed by atoms with Gasteiger partial charge in [-0.1, -0.05) is 9.39 Å². The van der Waals surface area contributed by atoms with E-state index in [1.54, 1.807) is 0 Å². The highest BCUT2D eigenvalue weighted by Gasteiger charge is 2.54. The summed E-state index contributed by atoms with van der Waals surface area (Å²) in [5.74, 6) is 2.31. The van der Waals surface area contributed by atoms with Crippen molar-refractivity contribution in [2.24, 2.45) is 17.8 Å². The Morgan fingerprint density at radius 2 is 2.00 bits per heavy atom. The molecule has 1 heterocycles. The van der Waals surface area contributed by atoms with Gasteiger partial charge in [-0.3, -0.25) is 4.67 Å². The van der Waals surface area contributed by atoms with Crippen molar-refractivity contribution in [2.75, 3.05) is 19.7 Å². The van der Waals surface area contributed by atoms with Gasteiger partial charge in [-0.05, 0) is 17.8 Å². The van der Waals surface area contributed by atoms with E-state index in [4.69, 9.17) is 5.11 Å². The third kappa shape index (κ3) is 0.813. The summed E-state index contributed by atoms with van der Waals surface area (Å²) in [4.78, 5) is 0. The van der Waals surface area contributed by atoms with Gasteiger partial charge in [0.1, 0.15) is 0 Å². The van der Waals surface area contributed by atoms with Gasteiger partial charge in [-0.2, -0.15) is 0 Å². The minimum Gasteiger partial charge on any atom is -0.396 e. The van der Waals surface area contributed by atoms with Gasteiger partial charge in [-0.25, -0.2) is 0 Å². The smallest absolute Gasteiger partial charge is 0.0465 e. The summed E-state index contributed by atoms with van der Waals surface area (Å²) in [5, 5.41) is 8.77. The van der Waals surface area contributed by atoms with E-state index in [9.17, 15) is 0 Å². The number of piperidine rings is 1. The fraction of sp³-hybridized carbons (Fsp3) is 1.00. The molecule has 0 radical (unpaired) electrons.